The van der Waals surface area contributed by atoms with Gasteiger partial charge in [0.2, 0.25) is 17.7 Å². The maximum atomic E-state index is 12.6. The Morgan fingerprint density at radius 1 is 0.828 bits per heavy atom. The second-order valence-corrected chi connectivity index (χ2v) is 8.99. The summed E-state index contributed by atoms with van der Waals surface area (Å²) in [6.07, 6.45) is 4.33. The first-order valence-electron chi connectivity index (χ1n) is 9.42. The third-order valence-electron chi connectivity index (χ3n) is 4.24. The highest BCUT2D eigenvalue weighted by Crippen LogP contribution is 2.06. The van der Waals surface area contributed by atoms with E-state index in [0.717, 1.165) is 0 Å². The standard InChI is InChI=1S/C18H34N4O5S2/c1-10(2)14(19)17(25)20-11(3)15(23)21-12(6-8-28-4)16(24)22-13(18(26)27)7-9-29-5/h10-14H,6-9,19H2,1-5H3,(H,20,25)(H,21,23)(H,22,24)(H,26,27). The van der Waals surface area contributed by atoms with Crippen LogP contribution in [0.3, 0.4) is 0 Å². The van der Waals surface area contributed by atoms with Crippen LogP contribution in [-0.4, -0.2) is 77.0 Å². The Hall–Kier alpha value is -1.46. The molecule has 0 heterocycles. The fraction of sp³-hybridized carbons (Fsp3) is 0.778. The highest BCUT2D eigenvalue weighted by atomic mass is 32.2. The van der Waals surface area contributed by atoms with Crippen molar-refractivity contribution < 1.29 is 24.3 Å². The molecule has 9 nitrogen and oxygen atoms in total. The summed E-state index contributed by atoms with van der Waals surface area (Å²) in [5, 5.41) is 16.9. The average molecular weight is 451 g/mol. The number of carbonyl (C=O) groups excluding carboxylic acids is 3. The van der Waals surface area contributed by atoms with E-state index in [1.807, 2.05) is 12.5 Å². The van der Waals surface area contributed by atoms with Crippen LogP contribution >= 0.6 is 23.5 Å². The van der Waals surface area contributed by atoms with E-state index in [1.54, 1.807) is 13.8 Å². The van der Waals surface area contributed by atoms with Gasteiger partial charge in [-0.05, 0) is 49.7 Å². The van der Waals surface area contributed by atoms with Crippen LogP contribution in [0.1, 0.15) is 33.6 Å². The predicted octanol–water partition coefficient (Wildman–Crippen LogP) is 0.0348. The SMILES string of the molecule is CSCCC(NC(=O)C(CCSC)NC(=O)C(C)NC(=O)C(N)C(C)C)C(=O)O. The van der Waals surface area contributed by atoms with Gasteiger partial charge in [0.1, 0.15) is 18.1 Å². The minimum absolute atomic E-state index is 0.0837. The number of nitrogens with one attached hydrogen (secondary N) is 3. The molecule has 0 saturated carbocycles. The van der Waals surface area contributed by atoms with E-state index >= 15 is 0 Å². The normalized spacial score (nSPS) is 15.1. The first kappa shape index (κ1) is 27.5. The van der Waals surface area contributed by atoms with E-state index in [1.165, 1.54) is 30.4 Å². The van der Waals surface area contributed by atoms with E-state index in [9.17, 15) is 24.3 Å². The molecule has 168 valence electrons. The Bertz CT molecular complexity index is 562. The minimum Gasteiger partial charge on any atom is -0.480 e. The van der Waals surface area contributed by atoms with E-state index < -0.39 is 47.9 Å². The molecule has 0 aliphatic heterocycles. The third kappa shape index (κ3) is 10.8. The Morgan fingerprint density at radius 3 is 1.76 bits per heavy atom. The predicted molar refractivity (Wildman–Crippen MR) is 118 cm³/mol. The van der Waals surface area contributed by atoms with Gasteiger partial charge in [-0.2, -0.15) is 23.5 Å². The van der Waals surface area contributed by atoms with Crippen molar-refractivity contribution in [3.8, 4) is 0 Å². The molecule has 3 amide bonds. The molecule has 0 aromatic heterocycles. The summed E-state index contributed by atoms with van der Waals surface area (Å²) < 4.78 is 0. The number of carboxylic acid groups (broad SMARTS) is 1. The fourth-order valence-electron chi connectivity index (χ4n) is 2.24. The van der Waals surface area contributed by atoms with E-state index in [4.69, 9.17) is 5.73 Å². The number of carboxylic acids is 1. The van der Waals surface area contributed by atoms with Crippen LogP contribution in [0, 0.1) is 5.92 Å². The summed E-state index contributed by atoms with van der Waals surface area (Å²) in [6.45, 7) is 5.10. The van der Waals surface area contributed by atoms with Crippen LogP contribution in [0.15, 0.2) is 0 Å². The quantitative estimate of drug-likeness (QED) is 0.249. The van der Waals surface area contributed by atoms with Crippen LogP contribution in [0.2, 0.25) is 0 Å². The molecular weight excluding hydrogens is 416 g/mol. The van der Waals surface area contributed by atoms with Crippen molar-refractivity contribution in [2.24, 2.45) is 11.7 Å². The van der Waals surface area contributed by atoms with Gasteiger partial charge in [-0.1, -0.05) is 13.8 Å². The van der Waals surface area contributed by atoms with E-state index in [-0.39, 0.29) is 12.3 Å². The Balaban J connectivity index is 5.03. The van der Waals surface area contributed by atoms with E-state index in [2.05, 4.69) is 16.0 Å². The number of hydrogen-bond acceptors (Lipinski definition) is 7. The third-order valence-corrected chi connectivity index (χ3v) is 5.53. The van der Waals surface area contributed by atoms with Crippen molar-refractivity contribution in [3.05, 3.63) is 0 Å². The van der Waals surface area contributed by atoms with Gasteiger partial charge < -0.3 is 26.8 Å². The summed E-state index contributed by atoms with van der Waals surface area (Å²) in [6, 6.07) is -3.55. The maximum Gasteiger partial charge on any atom is 0.326 e. The van der Waals surface area contributed by atoms with Gasteiger partial charge >= 0.3 is 5.97 Å². The molecule has 0 aromatic rings. The molecule has 6 N–H and O–H groups in total. The maximum absolute atomic E-state index is 12.6. The number of carbonyl (C=O) groups is 4. The van der Waals surface area contributed by atoms with Crippen LogP contribution < -0.4 is 21.7 Å². The molecule has 0 fully saturated rings. The van der Waals surface area contributed by atoms with Crippen LogP contribution in [0.25, 0.3) is 0 Å². The molecule has 4 atom stereocenters. The number of aliphatic carboxylic acids is 1. The Kier molecular flexibility index (Phi) is 13.8. The van der Waals surface area contributed by atoms with Crippen molar-refractivity contribution >= 4 is 47.2 Å². The molecule has 29 heavy (non-hydrogen) atoms. The van der Waals surface area contributed by atoms with Crippen molar-refractivity contribution in [2.45, 2.75) is 57.8 Å². The summed E-state index contributed by atoms with van der Waals surface area (Å²) >= 11 is 2.99. The lowest BCUT2D eigenvalue weighted by Gasteiger charge is -2.24. The lowest BCUT2D eigenvalue weighted by atomic mass is 10.0. The molecule has 0 aromatic carbocycles. The largest absolute Gasteiger partial charge is 0.480 e. The van der Waals surface area contributed by atoms with Gasteiger partial charge in [0.15, 0.2) is 0 Å². The average Bonchev–Trinajstić information content (AvgIpc) is 2.66. The zero-order valence-corrected chi connectivity index (χ0v) is 19.3. The number of nitrogens with two attached hydrogens (primary N) is 1. The monoisotopic (exact) mass is 450 g/mol. The van der Waals surface area contributed by atoms with Crippen molar-refractivity contribution in [1.29, 1.82) is 0 Å². The van der Waals surface area contributed by atoms with Crippen molar-refractivity contribution in [3.63, 3.8) is 0 Å². The first-order valence-corrected chi connectivity index (χ1v) is 12.2. The second kappa shape index (κ2) is 14.5. The van der Waals surface area contributed by atoms with Crippen LogP contribution in [0.4, 0.5) is 0 Å². The van der Waals surface area contributed by atoms with Gasteiger partial charge in [-0.3, -0.25) is 14.4 Å². The molecule has 0 spiro atoms. The van der Waals surface area contributed by atoms with Gasteiger partial charge in [-0.25, -0.2) is 4.79 Å². The Morgan fingerprint density at radius 2 is 1.31 bits per heavy atom. The number of rotatable bonds is 14. The van der Waals surface area contributed by atoms with Crippen molar-refractivity contribution in [2.75, 3.05) is 24.0 Å². The lowest BCUT2D eigenvalue weighted by molar-refractivity contribution is -0.142. The van der Waals surface area contributed by atoms with Gasteiger partial charge in [0.25, 0.3) is 0 Å². The van der Waals surface area contributed by atoms with Crippen LogP contribution in [0.5, 0.6) is 0 Å². The minimum atomic E-state index is -1.12. The fourth-order valence-corrected chi connectivity index (χ4v) is 3.19. The summed E-state index contributed by atoms with van der Waals surface area (Å²) in [7, 11) is 0. The summed E-state index contributed by atoms with van der Waals surface area (Å²) in [5.41, 5.74) is 5.78. The zero-order chi connectivity index (χ0) is 22.6. The zero-order valence-electron chi connectivity index (χ0n) is 17.7. The van der Waals surface area contributed by atoms with Crippen LogP contribution in [-0.2, 0) is 19.2 Å². The first-order chi connectivity index (χ1) is 13.5. The number of hydrogen-bond donors (Lipinski definition) is 5. The molecule has 0 bridgehead atoms. The molecule has 4 unspecified atom stereocenters. The number of thioether (sulfide) groups is 2. The highest BCUT2D eigenvalue weighted by Gasteiger charge is 2.28. The van der Waals surface area contributed by atoms with Gasteiger partial charge in [0, 0.05) is 0 Å². The lowest BCUT2D eigenvalue weighted by Crippen LogP contribution is -2.56. The Labute approximate surface area is 181 Å². The summed E-state index contributed by atoms with van der Waals surface area (Å²) in [5.74, 6) is -1.57. The van der Waals surface area contributed by atoms with Gasteiger partial charge in [0.05, 0.1) is 6.04 Å². The number of amides is 3. The molecule has 0 saturated heterocycles. The highest BCUT2D eigenvalue weighted by molar-refractivity contribution is 7.98. The molecular formula is C18H34N4O5S2. The topological polar surface area (TPSA) is 151 Å². The van der Waals surface area contributed by atoms with Crippen molar-refractivity contribution in [1.82, 2.24) is 16.0 Å². The molecule has 11 heteroatoms. The second-order valence-electron chi connectivity index (χ2n) is 7.02. The molecule has 0 rings (SSSR count). The molecule has 0 aliphatic carbocycles. The molecule has 0 radical (unpaired) electrons. The summed E-state index contributed by atoms with van der Waals surface area (Å²) in [4.78, 5) is 48.5. The van der Waals surface area contributed by atoms with Gasteiger partial charge in [-0.15, -0.1) is 0 Å². The van der Waals surface area contributed by atoms with E-state index in [0.29, 0.717) is 17.9 Å². The molecule has 0 aliphatic rings. The smallest absolute Gasteiger partial charge is 0.326 e.